The van der Waals surface area contributed by atoms with E-state index in [0.29, 0.717) is 0 Å². The zero-order valence-electron chi connectivity index (χ0n) is 13.2. The lowest BCUT2D eigenvalue weighted by Gasteiger charge is -2.06. The molecule has 2 aromatic carbocycles. The lowest BCUT2D eigenvalue weighted by Crippen LogP contribution is -1.92. The van der Waals surface area contributed by atoms with Gasteiger partial charge in [0.05, 0.1) is 24.0 Å². The zero-order valence-corrected chi connectivity index (χ0v) is 14.8. The number of aromatic nitrogens is 4. The summed E-state index contributed by atoms with van der Waals surface area (Å²) in [6.07, 6.45) is 12.8. The summed E-state index contributed by atoms with van der Waals surface area (Å²) in [6, 6.07) is 14.1. The average Bonchev–Trinajstić information content (AvgIpc) is 3.34. The van der Waals surface area contributed by atoms with Crippen molar-refractivity contribution in [2.24, 2.45) is 4.99 Å². The Morgan fingerprint density at radius 1 is 0.880 bits per heavy atom. The van der Waals surface area contributed by atoms with E-state index in [1.807, 2.05) is 70.2 Å². The van der Waals surface area contributed by atoms with E-state index in [9.17, 15) is 0 Å². The number of rotatable bonds is 4. The number of aliphatic imine (C=N–C) groups is 1. The van der Waals surface area contributed by atoms with Crippen molar-refractivity contribution < 1.29 is 0 Å². The van der Waals surface area contributed by atoms with Crippen molar-refractivity contribution >= 4 is 27.8 Å². The van der Waals surface area contributed by atoms with E-state index in [2.05, 4.69) is 30.9 Å². The molecule has 122 valence electrons. The van der Waals surface area contributed by atoms with Gasteiger partial charge >= 0.3 is 0 Å². The van der Waals surface area contributed by atoms with E-state index < -0.39 is 0 Å². The van der Waals surface area contributed by atoms with Gasteiger partial charge in [-0.05, 0) is 57.9 Å². The van der Waals surface area contributed by atoms with Crippen LogP contribution in [0.1, 0.15) is 5.56 Å². The van der Waals surface area contributed by atoms with E-state index in [1.165, 1.54) is 0 Å². The molecule has 0 bridgehead atoms. The minimum Gasteiger partial charge on any atom is -0.306 e. The molecule has 4 rings (SSSR count). The molecule has 6 heteroatoms. The van der Waals surface area contributed by atoms with Gasteiger partial charge in [0.2, 0.25) is 0 Å². The molecular weight excluding hydrogens is 378 g/mol. The number of hydrogen-bond donors (Lipinski definition) is 0. The standard InChI is InChI=1S/C19H14BrN5/c20-18-11-15(1-6-19(18)25-10-8-22-14-25)12-23-16-2-4-17(5-3-16)24-9-7-21-13-24/h1-14H. The molecule has 5 nitrogen and oxygen atoms in total. The van der Waals surface area contributed by atoms with Crippen LogP contribution >= 0.6 is 15.9 Å². The highest BCUT2D eigenvalue weighted by molar-refractivity contribution is 9.10. The first-order chi connectivity index (χ1) is 12.3. The smallest absolute Gasteiger partial charge is 0.0992 e. The van der Waals surface area contributed by atoms with Crippen LogP contribution in [0.4, 0.5) is 5.69 Å². The predicted octanol–water partition coefficient (Wildman–Crippen LogP) is 4.57. The van der Waals surface area contributed by atoms with Crippen molar-refractivity contribution in [3.63, 3.8) is 0 Å². The molecule has 0 amide bonds. The van der Waals surface area contributed by atoms with Crippen LogP contribution in [0.5, 0.6) is 0 Å². The molecule has 4 aromatic rings. The second-order valence-corrected chi connectivity index (χ2v) is 6.28. The highest BCUT2D eigenvalue weighted by Crippen LogP contribution is 2.22. The second kappa shape index (κ2) is 6.86. The van der Waals surface area contributed by atoms with Gasteiger partial charge in [0, 0.05) is 41.2 Å². The molecule has 0 saturated heterocycles. The molecular formula is C19H14BrN5. The summed E-state index contributed by atoms with van der Waals surface area (Å²) in [4.78, 5) is 12.7. The molecule has 0 aliphatic heterocycles. The highest BCUT2D eigenvalue weighted by atomic mass is 79.9. The molecule has 0 atom stereocenters. The maximum atomic E-state index is 4.54. The highest BCUT2D eigenvalue weighted by Gasteiger charge is 2.02. The third kappa shape index (κ3) is 3.44. The molecule has 0 radical (unpaired) electrons. The summed E-state index contributed by atoms with van der Waals surface area (Å²) in [7, 11) is 0. The van der Waals surface area contributed by atoms with Crippen LogP contribution in [-0.4, -0.2) is 25.3 Å². The summed E-state index contributed by atoms with van der Waals surface area (Å²) in [5.41, 5.74) is 4.02. The average molecular weight is 392 g/mol. The van der Waals surface area contributed by atoms with Crippen LogP contribution in [0.25, 0.3) is 11.4 Å². The lowest BCUT2D eigenvalue weighted by atomic mass is 10.2. The molecule has 25 heavy (non-hydrogen) atoms. The Bertz CT molecular complexity index is 987. The Hall–Kier alpha value is -2.99. The van der Waals surface area contributed by atoms with Gasteiger partial charge < -0.3 is 9.13 Å². The minimum absolute atomic E-state index is 0.902. The molecule has 2 heterocycles. The molecule has 0 aliphatic rings. The van der Waals surface area contributed by atoms with Gasteiger partial charge in [-0.3, -0.25) is 4.99 Å². The van der Waals surface area contributed by atoms with Crippen LogP contribution < -0.4 is 0 Å². The van der Waals surface area contributed by atoms with Gasteiger partial charge in [-0.1, -0.05) is 6.07 Å². The summed E-state index contributed by atoms with van der Waals surface area (Å²) >= 11 is 3.61. The van der Waals surface area contributed by atoms with Crippen molar-refractivity contribution in [2.45, 2.75) is 0 Å². The van der Waals surface area contributed by atoms with Gasteiger partial charge in [0.15, 0.2) is 0 Å². The Morgan fingerprint density at radius 2 is 1.60 bits per heavy atom. The van der Waals surface area contributed by atoms with Crippen molar-refractivity contribution in [1.82, 2.24) is 19.1 Å². The van der Waals surface area contributed by atoms with Crippen LogP contribution in [0, 0.1) is 0 Å². The first-order valence-electron chi connectivity index (χ1n) is 7.70. The summed E-state index contributed by atoms with van der Waals surface area (Å²) in [6.45, 7) is 0. The molecule has 0 aliphatic carbocycles. The van der Waals surface area contributed by atoms with E-state index >= 15 is 0 Å². The first kappa shape index (κ1) is 15.5. The number of imidazole rings is 2. The van der Waals surface area contributed by atoms with E-state index in [1.54, 1.807) is 25.0 Å². The van der Waals surface area contributed by atoms with Crippen molar-refractivity contribution in [3.8, 4) is 11.4 Å². The van der Waals surface area contributed by atoms with E-state index in [-0.39, 0.29) is 0 Å². The van der Waals surface area contributed by atoms with Gasteiger partial charge in [0.25, 0.3) is 0 Å². The van der Waals surface area contributed by atoms with Crippen LogP contribution in [0.15, 0.2) is 89.4 Å². The normalized spacial score (nSPS) is 11.2. The Morgan fingerprint density at radius 3 is 2.24 bits per heavy atom. The molecule has 0 N–H and O–H groups in total. The topological polar surface area (TPSA) is 48.0 Å². The monoisotopic (exact) mass is 391 g/mol. The fourth-order valence-electron chi connectivity index (χ4n) is 2.49. The largest absolute Gasteiger partial charge is 0.306 e. The fourth-order valence-corrected chi connectivity index (χ4v) is 3.09. The Labute approximate surface area is 153 Å². The maximum Gasteiger partial charge on any atom is 0.0992 e. The maximum absolute atomic E-state index is 4.54. The predicted molar refractivity (Wildman–Crippen MR) is 102 cm³/mol. The van der Waals surface area contributed by atoms with Gasteiger partial charge in [-0.25, -0.2) is 9.97 Å². The van der Waals surface area contributed by atoms with Crippen LogP contribution in [0.3, 0.4) is 0 Å². The van der Waals surface area contributed by atoms with Gasteiger partial charge in [-0.2, -0.15) is 0 Å². The Balaban J connectivity index is 1.53. The number of hydrogen-bond acceptors (Lipinski definition) is 3. The molecule has 2 aromatic heterocycles. The third-order valence-electron chi connectivity index (χ3n) is 3.77. The van der Waals surface area contributed by atoms with Crippen molar-refractivity contribution in [1.29, 1.82) is 0 Å². The summed E-state index contributed by atoms with van der Waals surface area (Å²) < 4.78 is 4.91. The van der Waals surface area contributed by atoms with Gasteiger partial charge in [0.1, 0.15) is 0 Å². The molecule has 0 saturated carbocycles. The van der Waals surface area contributed by atoms with Gasteiger partial charge in [-0.15, -0.1) is 0 Å². The van der Waals surface area contributed by atoms with Crippen LogP contribution in [0.2, 0.25) is 0 Å². The van der Waals surface area contributed by atoms with E-state index in [4.69, 9.17) is 0 Å². The SMILES string of the molecule is Brc1cc(C=Nc2ccc(-n3ccnc3)cc2)ccc1-n1ccnc1. The zero-order chi connectivity index (χ0) is 17.1. The number of nitrogens with zero attached hydrogens (tertiary/aromatic N) is 5. The van der Waals surface area contributed by atoms with Crippen molar-refractivity contribution in [3.05, 3.63) is 89.9 Å². The Kier molecular flexibility index (Phi) is 4.26. The fraction of sp³-hybridized carbons (Fsp3) is 0. The quantitative estimate of drug-likeness (QED) is 0.478. The first-order valence-corrected chi connectivity index (χ1v) is 8.49. The number of benzene rings is 2. The number of halogens is 1. The molecule has 0 unspecified atom stereocenters. The van der Waals surface area contributed by atoms with Crippen LogP contribution in [-0.2, 0) is 0 Å². The third-order valence-corrected chi connectivity index (χ3v) is 4.40. The van der Waals surface area contributed by atoms with Crippen molar-refractivity contribution in [2.75, 3.05) is 0 Å². The molecule has 0 spiro atoms. The van der Waals surface area contributed by atoms with E-state index in [0.717, 1.165) is 27.1 Å². The summed E-state index contributed by atoms with van der Waals surface area (Å²) in [5, 5.41) is 0. The second-order valence-electron chi connectivity index (χ2n) is 5.43. The lowest BCUT2D eigenvalue weighted by molar-refractivity contribution is 1.05. The molecule has 0 fully saturated rings. The minimum atomic E-state index is 0.902. The summed E-state index contributed by atoms with van der Waals surface area (Å²) in [5.74, 6) is 0.